The number of nitrogens with two attached hydrogens (primary N) is 1. The van der Waals surface area contributed by atoms with Crippen molar-refractivity contribution >= 4 is 5.84 Å². The first kappa shape index (κ1) is 12.0. The average Bonchev–Trinajstić information content (AvgIpc) is 2.18. The molecule has 0 amide bonds. The first-order chi connectivity index (χ1) is 6.71. The molecule has 0 aliphatic rings. The molecule has 3 nitrogen and oxygen atoms in total. The number of ether oxygens (including phenoxy) is 1. The Labute approximate surface area is 84.3 Å². The molecule has 0 spiro atoms. The van der Waals surface area contributed by atoms with E-state index in [1.54, 1.807) is 12.2 Å². The molecule has 0 rings (SSSR count). The van der Waals surface area contributed by atoms with E-state index in [1.165, 1.54) is 12.5 Å². The lowest BCUT2D eigenvalue weighted by molar-refractivity contribution is 0.376. The van der Waals surface area contributed by atoms with Gasteiger partial charge in [-0.3, -0.25) is 0 Å². The minimum atomic E-state index is 0.203. The Morgan fingerprint density at radius 2 is 1.71 bits per heavy atom. The average molecular weight is 190 g/mol. The lowest BCUT2D eigenvalue weighted by Crippen LogP contribution is -2.16. The highest BCUT2D eigenvalue weighted by Crippen LogP contribution is 2.09. The molecule has 2 N–H and O–H groups in total. The van der Waals surface area contributed by atoms with Crippen LogP contribution in [-0.2, 0) is 4.74 Å². The van der Waals surface area contributed by atoms with Crippen LogP contribution in [0.25, 0.3) is 0 Å². The smallest absolute Gasteiger partial charge is 0.175 e. The Morgan fingerprint density at radius 1 is 1.14 bits per heavy atom. The van der Waals surface area contributed by atoms with Crippen molar-refractivity contribution in [2.24, 2.45) is 10.7 Å². The minimum Gasteiger partial charge on any atom is -0.461 e. The van der Waals surface area contributed by atoms with Crippen LogP contribution >= 0.6 is 0 Å². The maximum atomic E-state index is 5.62. The minimum absolute atomic E-state index is 0.203. The van der Waals surface area contributed by atoms with Crippen molar-refractivity contribution in [2.75, 3.05) is 0 Å². The predicted octanol–water partition coefficient (Wildman–Crippen LogP) is 2.27. The molecule has 0 unspecified atom stereocenters. The predicted molar refractivity (Wildman–Crippen MR) is 60.5 cm³/mol. The van der Waals surface area contributed by atoms with Gasteiger partial charge in [0.2, 0.25) is 0 Å². The van der Waals surface area contributed by atoms with Gasteiger partial charge >= 0.3 is 0 Å². The number of aliphatic imine (C=N–C) groups is 1. The summed E-state index contributed by atoms with van der Waals surface area (Å²) in [4.78, 5) is 3.79. The zero-order valence-electron chi connectivity index (χ0n) is 8.07. The maximum absolute atomic E-state index is 5.62. The largest absolute Gasteiger partial charge is 0.461 e. The van der Waals surface area contributed by atoms with E-state index in [0.717, 1.165) is 0 Å². The van der Waals surface area contributed by atoms with Crippen molar-refractivity contribution in [1.29, 1.82) is 0 Å². The zero-order valence-corrected chi connectivity index (χ0v) is 8.07. The van der Waals surface area contributed by atoms with Crippen LogP contribution in [0.4, 0.5) is 0 Å². The molecule has 0 aliphatic heterocycles. The lowest BCUT2D eigenvalue weighted by Gasteiger charge is -2.07. The number of amidine groups is 1. The second kappa shape index (κ2) is 6.48. The zero-order chi connectivity index (χ0) is 11.0. The summed E-state index contributed by atoms with van der Waals surface area (Å²) < 4.78 is 5.10. The summed E-state index contributed by atoms with van der Waals surface area (Å²) in [7, 11) is 0. The van der Waals surface area contributed by atoms with Crippen LogP contribution < -0.4 is 5.73 Å². The Hall–Kier alpha value is -2.03. The Bertz CT molecular complexity index is 301. The van der Waals surface area contributed by atoms with Gasteiger partial charge in [-0.1, -0.05) is 38.5 Å². The fourth-order valence-electron chi connectivity index (χ4n) is 0.785. The molecule has 74 valence electrons. The second-order valence-electron chi connectivity index (χ2n) is 2.17. The molecule has 0 aromatic heterocycles. The van der Waals surface area contributed by atoms with E-state index >= 15 is 0 Å². The van der Waals surface area contributed by atoms with Gasteiger partial charge in [0.1, 0.15) is 0 Å². The third kappa shape index (κ3) is 3.15. The molecule has 0 aromatic rings. The molecule has 0 aromatic carbocycles. The van der Waals surface area contributed by atoms with Crippen LogP contribution in [0.1, 0.15) is 0 Å². The van der Waals surface area contributed by atoms with Gasteiger partial charge in [-0.05, 0) is 0 Å². The van der Waals surface area contributed by atoms with Crippen LogP contribution in [0.15, 0.2) is 67.3 Å². The maximum Gasteiger partial charge on any atom is 0.175 e. The van der Waals surface area contributed by atoms with Gasteiger partial charge in [-0.2, -0.15) is 0 Å². The van der Waals surface area contributed by atoms with E-state index in [9.17, 15) is 0 Å². The quantitative estimate of drug-likeness (QED) is 0.302. The summed E-state index contributed by atoms with van der Waals surface area (Å²) in [5.41, 5.74) is 6.27. The monoisotopic (exact) mass is 190 g/mol. The topological polar surface area (TPSA) is 47.6 Å². The molecule has 3 heteroatoms. The molecule has 0 saturated carbocycles. The highest BCUT2D eigenvalue weighted by molar-refractivity contribution is 5.97. The van der Waals surface area contributed by atoms with Gasteiger partial charge in [0, 0.05) is 11.8 Å². The highest BCUT2D eigenvalue weighted by atomic mass is 16.5. The summed E-state index contributed by atoms with van der Waals surface area (Å²) in [5, 5.41) is 0. The first-order valence-electron chi connectivity index (χ1n) is 3.92. The molecule has 0 saturated heterocycles. The van der Waals surface area contributed by atoms with E-state index in [-0.39, 0.29) is 5.84 Å². The van der Waals surface area contributed by atoms with E-state index in [0.29, 0.717) is 11.3 Å². The number of hydrogen-bond acceptors (Lipinski definition) is 2. The molecule has 0 radical (unpaired) electrons. The molecule has 14 heavy (non-hydrogen) atoms. The van der Waals surface area contributed by atoms with Gasteiger partial charge in [0.05, 0.1) is 6.26 Å². The SMILES string of the molecule is C=CN=C(N)C(OC=C)=C(C=C)C=C. The highest BCUT2D eigenvalue weighted by Gasteiger charge is 2.06. The van der Waals surface area contributed by atoms with Crippen LogP contribution in [0, 0.1) is 0 Å². The van der Waals surface area contributed by atoms with Gasteiger partial charge in [-0.25, -0.2) is 4.99 Å². The lowest BCUT2D eigenvalue weighted by atomic mass is 10.2. The molecule has 0 atom stereocenters. The first-order valence-corrected chi connectivity index (χ1v) is 3.92. The van der Waals surface area contributed by atoms with Crippen LogP contribution in [0.2, 0.25) is 0 Å². The Morgan fingerprint density at radius 3 is 2.07 bits per heavy atom. The van der Waals surface area contributed by atoms with Crippen LogP contribution in [-0.4, -0.2) is 5.84 Å². The summed E-state index contributed by atoms with van der Waals surface area (Å²) >= 11 is 0. The van der Waals surface area contributed by atoms with Crippen molar-refractivity contribution in [3.63, 3.8) is 0 Å². The van der Waals surface area contributed by atoms with E-state index < -0.39 is 0 Å². The van der Waals surface area contributed by atoms with Crippen LogP contribution in [0.5, 0.6) is 0 Å². The normalized spacial score (nSPS) is 9.86. The van der Waals surface area contributed by atoms with E-state index in [2.05, 4.69) is 31.3 Å². The number of hydrogen-bond donors (Lipinski definition) is 1. The summed E-state index contributed by atoms with van der Waals surface area (Å²) in [6.45, 7) is 14.1. The third-order valence-corrected chi connectivity index (χ3v) is 1.37. The molecule has 0 bridgehead atoms. The van der Waals surface area contributed by atoms with Gasteiger partial charge in [-0.15, -0.1) is 0 Å². The van der Waals surface area contributed by atoms with Gasteiger partial charge < -0.3 is 10.5 Å². The third-order valence-electron chi connectivity index (χ3n) is 1.37. The van der Waals surface area contributed by atoms with E-state index in [4.69, 9.17) is 10.5 Å². The van der Waals surface area contributed by atoms with Crippen molar-refractivity contribution in [3.05, 3.63) is 62.3 Å². The summed E-state index contributed by atoms with van der Waals surface area (Å²) in [5.74, 6) is 0.569. The summed E-state index contributed by atoms with van der Waals surface area (Å²) in [6, 6.07) is 0. The summed E-state index contributed by atoms with van der Waals surface area (Å²) in [6.07, 6.45) is 5.72. The van der Waals surface area contributed by atoms with Crippen molar-refractivity contribution < 1.29 is 4.74 Å². The van der Waals surface area contributed by atoms with Crippen LogP contribution in [0.3, 0.4) is 0 Å². The van der Waals surface area contributed by atoms with Gasteiger partial charge in [0.15, 0.2) is 11.6 Å². The molecular weight excluding hydrogens is 176 g/mol. The van der Waals surface area contributed by atoms with Crippen molar-refractivity contribution in [2.45, 2.75) is 0 Å². The standard InChI is InChI=1S/C11H14N2O/c1-5-9(6-2)10(14-8-4)11(12)13-7-3/h5-8H,1-4H2,(H2,12,13). The fraction of sp³-hybridized carbons (Fsp3) is 0. The number of nitrogens with zero attached hydrogens (tertiary/aromatic N) is 1. The van der Waals surface area contributed by atoms with Gasteiger partial charge in [0.25, 0.3) is 0 Å². The fourth-order valence-corrected chi connectivity index (χ4v) is 0.785. The number of rotatable bonds is 6. The Kier molecular flexibility index (Phi) is 5.54. The molecule has 0 aliphatic carbocycles. The molecule has 0 heterocycles. The molecular formula is C11H14N2O. The van der Waals surface area contributed by atoms with Crippen molar-refractivity contribution in [3.8, 4) is 0 Å². The van der Waals surface area contributed by atoms with Crippen molar-refractivity contribution in [1.82, 2.24) is 0 Å². The Balaban J connectivity index is 5.29. The second-order valence-corrected chi connectivity index (χ2v) is 2.17. The molecule has 0 fully saturated rings. The van der Waals surface area contributed by atoms with E-state index in [1.807, 2.05) is 0 Å². The number of allylic oxidation sites excluding steroid dienone is 3.